The Morgan fingerprint density at radius 1 is 1.03 bits per heavy atom. The first-order valence-electron chi connectivity index (χ1n) is 11.0. The summed E-state index contributed by atoms with van der Waals surface area (Å²) in [5.74, 6) is 1.31. The van der Waals surface area contributed by atoms with Crippen molar-refractivity contribution in [1.29, 1.82) is 0 Å². The Bertz CT molecular complexity index is 1280. The Balaban J connectivity index is 0.000000449. The van der Waals surface area contributed by atoms with Gasteiger partial charge in [0.1, 0.15) is 5.76 Å². The normalized spacial score (nSPS) is 11.1. The van der Waals surface area contributed by atoms with Crippen LogP contribution in [0, 0.1) is 19.9 Å². The summed E-state index contributed by atoms with van der Waals surface area (Å²) < 4.78 is 6.02. The molecule has 2 aromatic carbocycles. The minimum Gasteiger partial charge on any atom is -0.512 e. The molecule has 0 aliphatic carbocycles. The predicted molar refractivity (Wildman–Crippen MR) is 134 cm³/mol. The number of aromatic nitrogens is 1. The summed E-state index contributed by atoms with van der Waals surface area (Å²) in [6.45, 7) is 11.4. The predicted octanol–water partition coefficient (Wildman–Crippen LogP) is 7.74. The molecule has 0 bridgehead atoms. The second kappa shape index (κ2) is 11.9. The Morgan fingerprint density at radius 2 is 1.71 bits per heavy atom. The average Bonchev–Trinajstić information content (AvgIpc) is 3.16. The number of aryl methyl sites for hydroxylation is 2. The number of carbonyl (C=O) groups excluding carboxylic acids is 1. The van der Waals surface area contributed by atoms with Gasteiger partial charge >= 0.3 is 0 Å². The van der Waals surface area contributed by atoms with E-state index in [4.69, 9.17) is 14.5 Å². The van der Waals surface area contributed by atoms with E-state index in [9.17, 15) is 4.79 Å². The molecule has 0 saturated heterocycles. The van der Waals surface area contributed by atoms with Crippen molar-refractivity contribution in [2.24, 2.45) is 0 Å². The van der Waals surface area contributed by atoms with Crippen LogP contribution in [-0.4, -0.2) is 15.9 Å². The number of benzene rings is 2. The van der Waals surface area contributed by atoms with Gasteiger partial charge in [0.25, 0.3) is 0 Å². The van der Waals surface area contributed by atoms with E-state index in [2.05, 4.69) is 70.2 Å². The SMILES string of the molecule is CC(=O)/C=C(/C)O.Cc1[c-]c(-c2ccc3oc(-c4ccc(C(C)C)cc4)cc3n2)cc(C)c1.[Ir]. The van der Waals surface area contributed by atoms with Crippen molar-refractivity contribution in [3.8, 4) is 22.6 Å². The number of hydrogen-bond acceptors (Lipinski definition) is 4. The number of pyridine rings is 1. The topological polar surface area (TPSA) is 63.3 Å². The Hall–Kier alpha value is -3.01. The van der Waals surface area contributed by atoms with Gasteiger partial charge < -0.3 is 9.52 Å². The van der Waals surface area contributed by atoms with Crippen LogP contribution < -0.4 is 0 Å². The molecule has 0 aliphatic heterocycles. The third-order valence-electron chi connectivity index (χ3n) is 5.07. The molecule has 1 N–H and O–H groups in total. The maximum Gasteiger partial charge on any atom is 0.155 e. The van der Waals surface area contributed by atoms with Crippen LogP contribution in [0.3, 0.4) is 0 Å². The van der Waals surface area contributed by atoms with E-state index >= 15 is 0 Å². The van der Waals surface area contributed by atoms with Crippen LogP contribution in [0.4, 0.5) is 0 Å². The molecule has 1 radical (unpaired) electrons. The molecule has 0 atom stereocenters. The zero-order chi connectivity index (χ0) is 24.1. The van der Waals surface area contributed by atoms with Crippen LogP contribution in [-0.2, 0) is 24.9 Å². The van der Waals surface area contributed by atoms with Crippen LogP contribution in [0.2, 0.25) is 0 Å². The van der Waals surface area contributed by atoms with Gasteiger partial charge in [-0.05, 0) is 37.1 Å². The van der Waals surface area contributed by atoms with Crippen molar-refractivity contribution in [1.82, 2.24) is 4.98 Å². The van der Waals surface area contributed by atoms with Crippen molar-refractivity contribution >= 4 is 16.9 Å². The zero-order valence-electron chi connectivity index (χ0n) is 20.4. The first kappa shape index (κ1) is 27.2. The minimum atomic E-state index is -0.125. The van der Waals surface area contributed by atoms with Crippen molar-refractivity contribution in [2.75, 3.05) is 0 Å². The summed E-state index contributed by atoms with van der Waals surface area (Å²) in [5, 5.41) is 8.36. The van der Waals surface area contributed by atoms with Crippen LogP contribution in [0.15, 0.2) is 70.8 Å². The Morgan fingerprint density at radius 3 is 2.24 bits per heavy atom. The fourth-order valence-electron chi connectivity index (χ4n) is 3.58. The van der Waals surface area contributed by atoms with Gasteiger partial charge in [0.15, 0.2) is 11.4 Å². The summed E-state index contributed by atoms with van der Waals surface area (Å²) >= 11 is 0. The molecule has 4 rings (SSSR count). The molecule has 34 heavy (non-hydrogen) atoms. The summed E-state index contributed by atoms with van der Waals surface area (Å²) in [4.78, 5) is 14.8. The summed E-state index contributed by atoms with van der Waals surface area (Å²) in [7, 11) is 0. The second-order valence-corrected chi connectivity index (χ2v) is 8.62. The van der Waals surface area contributed by atoms with E-state index < -0.39 is 0 Å². The number of carbonyl (C=O) groups is 1. The fourth-order valence-corrected chi connectivity index (χ4v) is 3.58. The number of furan rings is 1. The summed E-state index contributed by atoms with van der Waals surface area (Å²) in [6, 6.07) is 22.2. The summed E-state index contributed by atoms with van der Waals surface area (Å²) in [5.41, 5.74) is 8.37. The van der Waals surface area contributed by atoms with Gasteiger partial charge in [-0.15, -0.1) is 34.9 Å². The van der Waals surface area contributed by atoms with Crippen molar-refractivity contribution in [2.45, 2.75) is 47.5 Å². The van der Waals surface area contributed by atoms with Crippen LogP contribution in [0.25, 0.3) is 33.7 Å². The molecular weight excluding hydrogens is 603 g/mol. The van der Waals surface area contributed by atoms with Crippen molar-refractivity contribution in [3.63, 3.8) is 0 Å². The number of hydrogen-bond donors (Lipinski definition) is 1. The third-order valence-corrected chi connectivity index (χ3v) is 5.07. The van der Waals surface area contributed by atoms with E-state index in [1.807, 2.05) is 18.2 Å². The minimum absolute atomic E-state index is 0. The number of nitrogens with zero attached hydrogens (tertiary/aromatic N) is 1. The smallest absolute Gasteiger partial charge is 0.155 e. The van der Waals surface area contributed by atoms with Gasteiger partial charge in [0.2, 0.25) is 0 Å². The second-order valence-electron chi connectivity index (χ2n) is 8.62. The standard InChI is InChI=1S/C24H22NO.C5H8O2.Ir/c1-15(2)18-5-7-19(8-6-18)24-14-22-23(26-24)10-9-21(25-22)20-12-16(3)11-17(4)13-20;1-4(6)3-5(2)7;/h5-12,14-15H,1-4H3;3,6H,1-2H3;/q-1;;/b;4-3-;. The largest absolute Gasteiger partial charge is 0.512 e. The molecule has 2 aromatic heterocycles. The molecule has 4 nitrogen and oxygen atoms in total. The van der Waals surface area contributed by atoms with E-state index in [0.29, 0.717) is 5.92 Å². The molecular formula is C29H30IrNO3-. The Labute approximate surface area is 215 Å². The number of allylic oxidation sites excluding steroid dienone is 2. The van der Waals surface area contributed by atoms with Crippen molar-refractivity contribution < 1.29 is 34.4 Å². The van der Waals surface area contributed by atoms with Crippen LogP contribution in [0.5, 0.6) is 0 Å². The van der Waals surface area contributed by atoms with Gasteiger partial charge in [0, 0.05) is 37.8 Å². The van der Waals surface area contributed by atoms with Crippen LogP contribution >= 0.6 is 0 Å². The monoisotopic (exact) mass is 633 g/mol. The quantitative estimate of drug-likeness (QED) is 0.142. The fraction of sp³-hybridized carbons (Fsp3) is 0.241. The first-order chi connectivity index (χ1) is 15.6. The molecule has 4 aromatic rings. The molecule has 0 unspecified atom stereocenters. The number of ketones is 1. The van der Waals surface area contributed by atoms with Gasteiger partial charge in [-0.3, -0.25) is 9.78 Å². The van der Waals surface area contributed by atoms with E-state index in [0.717, 1.165) is 39.2 Å². The molecule has 0 aliphatic rings. The molecule has 179 valence electrons. The molecule has 2 heterocycles. The summed E-state index contributed by atoms with van der Waals surface area (Å²) in [6.07, 6.45) is 1.17. The average molecular weight is 633 g/mol. The Kier molecular flexibility index (Phi) is 9.55. The van der Waals surface area contributed by atoms with E-state index in [1.54, 1.807) is 0 Å². The van der Waals surface area contributed by atoms with Gasteiger partial charge in [0.05, 0.1) is 11.3 Å². The maximum atomic E-state index is 10.0. The zero-order valence-corrected chi connectivity index (χ0v) is 22.8. The van der Waals surface area contributed by atoms with Crippen molar-refractivity contribution in [3.05, 3.63) is 89.2 Å². The van der Waals surface area contributed by atoms with E-state index in [-0.39, 0.29) is 31.6 Å². The molecule has 0 spiro atoms. The molecule has 0 fully saturated rings. The van der Waals surface area contributed by atoms with Gasteiger partial charge in [-0.2, -0.15) is 0 Å². The van der Waals surface area contributed by atoms with Gasteiger partial charge in [-0.25, -0.2) is 0 Å². The van der Waals surface area contributed by atoms with E-state index in [1.165, 1.54) is 31.1 Å². The number of aliphatic hydroxyl groups is 1. The van der Waals surface area contributed by atoms with Crippen LogP contribution in [0.1, 0.15) is 50.3 Å². The third kappa shape index (κ3) is 7.24. The molecule has 0 amide bonds. The maximum absolute atomic E-state index is 10.0. The number of aliphatic hydroxyl groups excluding tert-OH is 1. The number of fused-ring (bicyclic) bond motifs is 1. The first-order valence-corrected chi connectivity index (χ1v) is 11.0. The van der Waals surface area contributed by atoms with Gasteiger partial charge in [-0.1, -0.05) is 58.0 Å². The molecule has 0 saturated carbocycles. The molecule has 5 heteroatoms. The number of rotatable bonds is 4.